The molecule has 0 bridgehead atoms. The molecule has 0 aliphatic carbocycles. The highest BCUT2D eigenvalue weighted by molar-refractivity contribution is 6.42. The number of rotatable bonds is 6. The highest BCUT2D eigenvalue weighted by atomic mass is 35.5. The van der Waals surface area contributed by atoms with E-state index >= 15 is 0 Å². The molecule has 0 spiro atoms. The number of carbonyl (C=O) groups excluding carboxylic acids is 2. The van der Waals surface area contributed by atoms with Gasteiger partial charge in [-0.25, -0.2) is 4.79 Å². The lowest BCUT2D eigenvalue weighted by molar-refractivity contribution is -0.124. The molecule has 0 saturated carbocycles. The molecule has 2 aromatic carbocycles. The third-order valence-corrected chi connectivity index (χ3v) is 4.22. The van der Waals surface area contributed by atoms with Crippen molar-refractivity contribution in [2.45, 2.75) is 13.0 Å². The Morgan fingerprint density at radius 1 is 1.08 bits per heavy atom. The minimum atomic E-state index is -0.583. The number of nitrogens with one attached hydrogen (secondary N) is 1. The first kappa shape index (κ1) is 19.1. The number of hydrogen-bond donors (Lipinski definition) is 1. The van der Waals surface area contributed by atoms with E-state index in [0.717, 1.165) is 5.56 Å². The monoisotopic (exact) mass is 381 g/mol. The van der Waals surface area contributed by atoms with Gasteiger partial charge in [-0.15, -0.1) is 0 Å². The molecule has 5 nitrogen and oxygen atoms in total. The molecule has 0 saturated heterocycles. The SMILES string of the molecule is COc1ccc(C(=O)OCC(=O)N[C@@H](C)c2ccc(Cl)c(Cl)c2)cc1. The Morgan fingerprint density at radius 3 is 2.36 bits per heavy atom. The highest BCUT2D eigenvalue weighted by Crippen LogP contribution is 2.25. The number of methoxy groups -OCH3 is 1. The van der Waals surface area contributed by atoms with Gasteiger partial charge in [0.05, 0.1) is 28.8 Å². The molecule has 25 heavy (non-hydrogen) atoms. The van der Waals surface area contributed by atoms with Gasteiger partial charge in [0.1, 0.15) is 5.75 Å². The lowest BCUT2D eigenvalue weighted by atomic mass is 10.1. The summed E-state index contributed by atoms with van der Waals surface area (Å²) in [5.41, 5.74) is 1.13. The van der Waals surface area contributed by atoms with Crippen molar-refractivity contribution in [2.75, 3.05) is 13.7 Å². The van der Waals surface area contributed by atoms with E-state index < -0.39 is 11.9 Å². The van der Waals surface area contributed by atoms with E-state index in [1.165, 1.54) is 7.11 Å². The number of halogens is 2. The summed E-state index contributed by atoms with van der Waals surface area (Å²) in [6.07, 6.45) is 0. The van der Waals surface area contributed by atoms with Crippen LogP contribution in [0.15, 0.2) is 42.5 Å². The molecule has 0 fully saturated rings. The van der Waals surface area contributed by atoms with Gasteiger partial charge in [0.2, 0.25) is 0 Å². The van der Waals surface area contributed by atoms with E-state index in [0.29, 0.717) is 21.4 Å². The highest BCUT2D eigenvalue weighted by Gasteiger charge is 2.14. The first-order valence-electron chi connectivity index (χ1n) is 7.46. The van der Waals surface area contributed by atoms with Crippen molar-refractivity contribution in [1.82, 2.24) is 5.32 Å². The van der Waals surface area contributed by atoms with Gasteiger partial charge in [-0.3, -0.25) is 4.79 Å². The Labute approximate surface area is 155 Å². The summed E-state index contributed by atoms with van der Waals surface area (Å²) in [6, 6.07) is 11.2. The first-order chi connectivity index (χ1) is 11.9. The molecule has 0 radical (unpaired) electrons. The summed E-state index contributed by atoms with van der Waals surface area (Å²) >= 11 is 11.8. The maximum atomic E-state index is 11.9. The molecule has 2 aromatic rings. The summed E-state index contributed by atoms with van der Waals surface area (Å²) in [6.45, 7) is 1.42. The Bertz CT molecular complexity index is 762. The molecule has 0 aliphatic rings. The van der Waals surface area contributed by atoms with Crippen molar-refractivity contribution in [1.29, 1.82) is 0 Å². The second kappa shape index (κ2) is 8.74. The molecular formula is C18H17Cl2NO4. The van der Waals surface area contributed by atoms with Gasteiger partial charge >= 0.3 is 5.97 Å². The van der Waals surface area contributed by atoms with Gasteiger partial charge in [-0.1, -0.05) is 29.3 Å². The summed E-state index contributed by atoms with van der Waals surface area (Å²) in [7, 11) is 1.53. The molecule has 0 heterocycles. The fourth-order valence-electron chi connectivity index (χ4n) is 2.09. The van der Waals surface area contributed by atoms with Crippen LogP contribution in [0.3, 0.4) is 0 Å². The number of carbonyl (C=O) groups is 2. The van der Waals surface area contributed by atoms with E-state index in [4.69, 9.17) is 32.7 Å². The Hall–Kier alpha value is -2.24. The van der Waals surface area contributed by atoms with Gasteiger partial charge in [0.15, 0.2) is 6.61 Å². The normalized spacial score (nSPS) is 11.5. The lowest BCUT2D eigenvalue weighted by Crippen LogP contribution is -2.31. The van der Waals surface area contributed by atoms with Gasteiger partial charge in [0, 0.05) is 0 Å². The summed E-state index contributed by atoms with van der Waals surface area (Å²) in [5, 5.41) is 3.58. The lowest BCUT2D eigenvalue weighted by Gasteiger charge is -2.15. The average Bonchev–Trinajstić information content (AvgIpc) is 2.62. The molecule has 1 atom stereocenters. The molecular weight excluding hydrogens is 365 g/mol. The van der Waals surface area contributed by atoms with Gasteiger partial charge in [-0.05, 0) is 48.9 Å². The minimum absolute atomic E-state index is 0.304. The standard InChI is InChI=1S/C18H17Cl2NO4/c1-11(13-5-8-15(19)16(20)9-13)21-17(22)10-25-18(23)12-3-6-14(24-2)7-4-12/h3-9,11H,10H2,1-2H3,(H,21,22)/t11-/m0/s1. The third-order valence-electron chi connectivity index (χ3n) is 3.48. The van der Waals surface area contributed by atoms with Crippen LogP contribution in [0, 0.1) is 0 Å². The van der Waals surface area contributed by atoms with Crippen LogP contribution in [0.25, 0.3) is 0 Å². The van der Waals surface area contributed by atoms with Crippen molar-refractivity contribution in [3.63, 3.8) is 0 Å². The van der Waals surface area contributed by atoms with Crippen molar-refractivity contribution >= 4 is 35.1 Å². The van der Waals surface area contributed by atoms with Gasteiger partial charge in [0.25, 0.3) is 5.91 Å². The van der Waals surface area contributed by atoms with Gasteiger partial charge < -0.3 is 14.8 Å². The summed E-state index contributed by atoms with van der Waals surface area (Å²) < 4.78 is 10.0. The predicted octanol–water partition coefficient (Wildman–Crippen LogP) is 4.04. The fraction of sp³-hybridized carbons (Fsp3) is 0.222. The zero-order valence-electron chi connectivity index (χ0n) is 13.7. The largest absolute Gasteiger partial charge is 0.497 e. The molecule has 1 N–H and O–H groups in total. The number of benzene rings is 2. The second-order valence-corrected chi connectivity index (χ2v) is 6.08. The maximum Gasteiger partial charge on any atom is 0.338 e. The second-order valence-electron chi connectivity index (χ2n) is 5.27. The molecule has 0 unspecified atom stereocenters. The van der Waals surface area contributed by atoms with Crippen LogP contribution in [0.1, 0.15) is 28.9 Å². The van der Waals surface area contributed by atoms with Crippen LogP contribution >= 0.6 is 23.2 Å². The molecule has 132 valence electrons. The first-order valence-corrected chi connectivity index (χ1v) is 8.21. The fourth-order valence-corrected chi connectivity index (χ4v) is 2.40. The van der Waals surface area contributed by atoms with Crippen LogP contribution in [0.4, 0.5) is 0 Å². The van der Waals surface area contributed by atoms with Gasteiger partial charge in [-0.2, -0.15) is 0 Å². The average molecular weight is 382 g/mol. The minimum Gasteiger partial charge on any atom is -0.497 e. The predicted molar refractivity (Wildman–Crippen MR) is 96.3 cm³/mol. The van der Waals surface area contributed by atoms with E-state index in [1.807, 2.05) is 0 Å². The van der Waals surface area contributed by atoms with Crippen LogP contribution in [0.5, 0.6) is 5.75 Å². The third kappa shape index (κ3) is 5.37. The van der Waals surface area contributed by atoms with Crippen LogP contribution in [-0.4, -0.2) is 25.6 Å². The topological polar surface area (TPSA) is 64.6 Å². The smallest absolute Gasteiger partial charge is 0.338 e. The van der Waals surface area contributed by atoms with Crippen molar-refractivity contribution in [3.05, 3.63) is 63.6 Å². The van der Waals surface area contributed by atoms with Crippen LogP contribution in [0.2, 0.25) is 10.0 Å². The Kier molecular flexibility index (Phi) is 6.67. The number of hydrogen-bond acceptors (Lipinski definition) is 4. The molecule has 1 amide bonds. The van der Waals surface area contributed by atoms with Crippen LogP contribution in [-0.2, 0) is 9.53 Å². The van der Waals surface area contributed by atoms with E-state index in [1.54, 1.807) is 49.4 Å². The Balaban J connectivity index is 1.86. The summed E-state index contributed by atoms with van der Waals surface area (Å²) in [5.74, 6) is -0.370. The van der Waals surface area contributed by atoms with Crippen molar-refractivity contribution in [3.8, 4) is 5.75 Å². The van der Waals surface area contributed by atoms with E-state index in [2.05, 4.69) is 5.32 Å². The number of ether oxygens (including phenoxy) is 2. The zero-order chi connectivity index (χ0) is 18.4. The number of amides is 1. The molecule has 0 aliphatic heterocycles. The molecule has 2 rings (SSSR count). The Morgan fingerprint density at radius 2 is 1.76 bits per heavy atom. The van der Waals surface area contributed by atoms with Crippen molar-refractivity contribution < 1.29 is 19.1 Å². The maximum absolute atomic E-state index is 11.9. The van der Waals surface area contributed by atoms with E-state index in [-0.39, 0.29) is 12.6 Å². The summed E-state index contributed by atoms with van der Waals surface area (Å²) in [4.78, 5) is 23.9. The van der Waals surface area contributed by atoms with Crippen molar-refractivity contribution in [2.24, 2.45) is 0 Å². The van der Waals surface area contributed by atoms with E-state index in [9.17, 15) is 9.59 Å². The molecule has 0 aromatic heterocycles. The molecule has 7 heteroatoms. The quantitative estimate of drug-likeness (QED) is 0.766. The zero-order valence-corrected chi connectivity index (χ0v) is 15.2. The van der Waals surface area contributed by atoms with Crippen LogP contribution < -0.4 is 10.1 Å². The number of esters is 1.